The van der Waals surface area contributed by atoms with Crippen molar-refractivity contribution in [3.8, 4) is 0 Å². The number of hydrogen-bond donors (Lipinski definition) is 0. The first-order valence-electron chi connectivity index (χ1n) is 4.95. The van der Waals surface area contributed by atoms with Crippen LogP contribution in [-0.2, 0) is 6.54 Å². The molecule has 2 heterocycles. The van der Waals surface area contributed by atoms with Crippen LogP contribution in [0, 0.1) is 0 Å². The number of rotatable bonds is 2. The van der Waals surface area contributed by atoms with Crippen LogP contribution in [0.2, 0.25) is 0 Å². The summed E-state index contributed by atoms with van der Waals surface area (Å²) >= 11 is 3.45. The lowest BCUT2D eigenvalue weighted by Gasteiger charge is -1.96. The third-order valence-corrected chi connectivity index (χ3v) is 2.92. The molecule has 3 rings (SSSR count). The van der Waals surface area contributed by atoms with Gasteiger partial charge in [0.2, 0.25) is 0 Å². The Kier molecular flexibility index (Phi) is 2.29. The van der Waals surface area contributed by atoms with E-state index in [2.05, 4.69) is 33.0 Å². The molecule has 3 aromatic rings. The van der Waals surface area contributed by atoms with E-state index in [0.717, 1.165) is 21.2 Å². The molecule has 0 saturated carbocycles. The van der Waals surface area contributed by atoms with Gasteiger partial charge in [-0.05, 0) is 24.3 Å². The minimum Gasteiger partial charge on any atom is -0.459 e. The number of benzene rings is 1. The summed E-state index contributed by atoms with van der Waals surface area (Å²) in [4.78, 5) is 4.00. The lowest BCUT2D eigenvalue weighted by atomic mass is 10.2. The summed E-state index contributed by atoms with van der Waals surface area (Å²) in [5.41, 5.74) is 0.915. The van der Waals surface area contributed by atoms with Crippen molar-refractivity contribution in [1.29, 1.82) is 0 Å². The topological polar surface area (TPSA) is 31.0 Å². The molecule has 0 bridgehead atoms. The molecule has 0 atom stereocenters. The maximum Gasteiger partial charge on any atom is 0.134 e. The molecule has 0 amide bonds. The van der Waals surface area contributed by atoms with E-state index in [1.165, 1.54) is 0 Å². The summed E-state index contributed by atoms with van der Waals surface area (Å²) in [5.74, 6) is 0.936. The summed E-state index contributed by atoms with van der Waals surface area (Å²) in [6.45, 7) is 0.715. The maximum atomic E-state index is 5.73. The Balaban J connectivity index is 1.99. The van der Waals surface area contributed by atoms with Gasteiger partial charge >= 0.3 is 0 Å². The summed E-state index contributed by atoms with van der Waals surface area (Å²) in [7, 11) is 0. The molecule has 16 heavy (non-hydrogen) atoms. The van der Waals surface area contributed by atoms with Crippen LogP contribution < -0.4 is 0 Å². The number of nitrogens with zero attached hydrogens (tertiary/aromatic N) is 2. The van der Waals surface area contributed by atoms with E-state index in [9.17, 15) is 0 Å². The van der Waals surface area contributed by atoms with E-state index in [0.29, 0.717) is 6.54 Å². The van der Waals surface area contributed by atoms with Crippen LogP contribution in [0.1, 0.15) is 5.76 Å². The van der Waals surface area contributed by atoms with Crippen LogP contribution in [-0.4, -0.2) is 9.55 Å². The van der Waals surface area contributed by atoms with Crippen molar-refractivity contribution in [3.63, 3.8) is 0 Å². The second-order valence-corrected chi connectivity index (χ2v) is 4.55. The molecule has 0 aliphatic heterocycles. The van der Waals surface area contributed by atoms with Gasteiger partial charge in [0.05, 0.1) is 12.9 Å². The van der Waals surface area contributed by atoms with Crippen LogP contribution in [0.3, 0.4) is 0 Å². The molecule has 0 N–H and O–H groups in total. The van der Waals surface area contributed by atoms with E-state index >= 15 is 0 Å². The highest BCUT2D eigenvalue weighted by Crippen LogP contribution is 2.23. The minimum absolute atomic E-state index is 0.715. The SMILES string of the molecule is Brc1ccc2oc(Cn3ccnc3)cc2c1. The van der Waals surface area contributed by atoms with Gasteiger partial charge in [-0.1, -0.05) is 15.9 Å². The maximum absolute atomic E-state index is 5.73. The van der Waals surface area contributed by atoms with Crippen molar-refractivity contribution in [2.75, 3.05) is 0 Å². The zero-order chi connectivity index (χ0) is 11.0. The number of fused-ring (bicyclic) bond motifs is 1. The van der Waals surface area contributed by atoms with Gasteiger partial charge in [-0.2, -0.15) is 0 Å². The summed E-state index contributed by atoms with van der Waals surface area (Å²) < 4.78 is 8.77. The van der Waals surface area contributed by atoms with E-state index in [1.54, 1.807) is 12.5 Å². The zero-order valence-electron chi connectivity index (χ0n) is 8.43. The van der Waals surface area contributed by atoms with Crippen molar-refractivity contribution in [2.24, 2.45) is 0 Å². The first-order chi connectivity index (χ1) is 7.81. The average Bonchev–Trinajstić information content (AvgIpc) is 2.86. The predicted molar refractivity (Wildman–Crippen MR) is 65.2 cm³/mol. The van der Waals surface area contributed by atoms with Crippen molar-refractivity contribution in [2.45, 2.75) is 6.54 Å². The molecular formula is C12H9BrN2O. The van der Waals surface area contributed by atoms with E-state index in [-0.39, 0.29) is 0 Å². The smallest absolute Gasteiger partial charge is 0.134 e. The number of halogens is 1. The molecule has 4 heteroatoms. The third-order valence-electron chi connectivity index (χ3n) is 2.43. The fourth-order valence-corrected chi connectivity index (χ4v) is 2.09. The summed E-state index contributed by atoms with van der Waals surface area (Å²) in [6.07, 6.45) is 5.46. The van der Waals surface area contributed by atoms with Gasteiger partial charge in [0.1, 0.15) is 11.3 Å². The fraction of sp³-hybridized carbons (Fsp3) is 0.0833. The van der Waals surface area contributed by atoms with Crippen LogP contribution in [0.25, 0.3) is 11.0 Å². The Bertz CT molecular complexity index is 613. The van der Waals surface area contributed by atoms with E-state index in [1.807, 2.05) is 22.9 Å². The predicted octanol–water partition coefficient (Wildman–Crippen LogP) is 3.44. The Morgan fingerprint density at radius 1 is 1.31 bits per heavy atom. The molecule has 0 unspecified atom stereocenters. The highest BCUT2D eigenvalue weighted by molar-refractivity contribution is 9.10. The normalized spacial score (nSPS) is 11.1. The first kappa shape index (κ1) is 9.66. The fourth-order valence-electron chi connectivity index (χ4n) is 1.71. The molecule has 0 radical (unpaired) electrons. The molecule has 0 aliphatic carbocycles. The summed E-state index contributed by atoms with van der Waals surface area (Å²) in [5, 5.41) is 1.12. The molecule has 80 valence electrons. The second kappa shape index (κ2) is 3.79. The highest BCUT2D eigenvalue weighted by Gasteiger charge is 2.04. The quantitative estimate of drug-likeness (QED) is 0.718. The van der Waals surface area contributed by atoms with Crippen molar-refractivity contribution in [1.82, 2.24) is 9.55 Å². The highest BCUT2D eigenvalue weighted by atomic mass is 79.9. The lowest BCUT2D eigenvalue weighted by molar-refractivity contribution is 0.528. The van der Waals surface area contributed by atoms with Gasteiger partial charge in [-0.15, -0.1) is 0 Å². The van der Waals surface area contributed by atoms with Crippen LogP contribution in [0.4, 0.5) is 0 Å². The van der Waals surface area contributed by atoms with Gasteiger partial charge < -0.3 is 8.98 Å². The molecule has 0 spiro atoms. The lowest BCUT2D eigenvalue weighted by Crippen LogP contribution is -1.93. The summed E-state index contributed by atoms with van der Waals surface area (Å²) in [6, 6.07) is 8.06. The minimum atomic E-state index is 0.715. The number of imidazole rings is 1. The molecule has 0 saturated heterocycles. The van der Waals surface area contributed by atoms with Gasteiger partial charge in [0, 0.05) is 22.3 Å². The number of aromatic nitrogens is 2. The van der Waals surface area contributed by atoms with Crippen LogP contribution in [0.15, 0.2) is 51.9 Å². The number of furan rings is 1. The molecule has 1 aromatic carbocycles. The van der Waals surface area contributed by atoms with E-state index < -0.39 is 0 Å². The van der Waals surface area contributed by atoms with Crippen LogP contribution >= 0.6 is 15.9 Å². The third kappa shape index (κ3) is 1.76. The van der Waals surface area contributed by atoms with Gasteiger partial charge in [0.15, 0.2) is 0 Å². The van der Waals surface area contributed by atoms with Crippen molar-refractivity contribution in [3.05, 3.63) is 53.2 Å². The zero-order valence-corrected chi connectivity index (χ0v) is 10.0. The van der Waals surface area contributed by atoms with Crippen molar-refractivity contribution < 1.29 is 4.42 Å². The Morgan fingerprint density at radius 3 is 3.06 bits per heavy atom. The van der Waals surface area contributed by atoms with Crippen LogP contribution in [0.5, 0.6) is 0 Å². The molecule has 3 nitrogen and oxygen atoms in total. The monoisotopic (exact) mass is 276 g/mol. The standard InChI is InChI=1S/C12H9BrN2O/c13-10-1-2-12-9(5-10)6-11(16-12)7-15-4-3-14-8-15/h1-6,8H,7H2. The molecular weight excluding hydrogens is 268 g/mol. The molecule has 0 aliphatic rings. The first-order valence-corrected chi connectivity index (χ1v) is 5.74. The molecule has 2 aromatic heterocycles. The van der Waals surface area contributed by atoms with Gasteiger partial charge in [-0.3, -0.25) is 0 Å². The Morgan fingerprint density at radius 2 is 2.25 bits per heavy atom. The van der Waals surface area contributed by atoms with E-state index in [4.69, 9.17) is 4.42 Å². The largest absolute Gasteiger partial charge is 0.459 e. The number of hydrogen-bond acceptors (Lipinski definition) is 2. The average molecular weight is 277 g/mol. The Labute approximate surface area is 101 Å². The van der Waals surface area contributed by atoms with Gasteiger partial charge in [0.25, 0.3) is 0 Å². The van der Waals surface area contributed by atoms with Crippen molar-refractivity contribution >= 4 is 26.9 Å². The second-order valence-electron chi connectivity index (χ2n) is 3.63. The van der Waals surface area contributed by atoms with Gasteiger partial charge in [-0.25, -0.2) is 4.98 Å². The Hall–Kier alpha value is -1.55. The molecule has 0 fully saturated rings.